The van der Waals surface area contributed by atoms with Crippen molar-refractivity contribution in [3.05, 3.63) is 16.4 Å². The van der Waals surface area contributed by atoms with E-state index in [0.717, 1.165) is 23.0 Å². The zero-order chi connectivity index (χ0) is 9.26. The molecule has 0 saturated carbocycles. The first-order valence-electron chi connectivity index (χ1n) is 4.64. The highest BCUT2D eigenvalue weighted by molar-refractivity contribution is 9.10. The van der Waals surface area contributed by atoms with E-state index in [1.807, 2.05) is 6.07 Å². The van der Waals surface area contributed by atoms with E-state index in [0.29, 0.717) is 0 Å². The van der Waals surface area contributed by atoms with Crippen molar-refractivity contribution in [3.63, 3.8) is 0 Å². The summed E-state index contributed by atoms with van der Waals surface area (Å²) in [4.78, 5) is 2.42. The lowest BCUT2D eigenvalue weighted by Crippen LogP contribution is -2.46. The average molecular weight is 245 g/mol. The molecule has 1 unspecified atom stereocenters. The largest absolute Gasteiger partial charge is 0.359 e. The van der Waals surface area contributed by atoms with Gasteiger partial charge in [-0.3, -0.25) is 4.90 Å². The van der Waals surface area contributed by atoms with Crippen LogP contribution in [0.1, 0.15) is 25.5 Å². The molecule has 0 N–H and O–H groups in total. The summed E-state index contributed by atoms with van der Waals surface area (Å²) in [6.45, 7) is 4.32. The fraction of sp³-hybridized carbons (Fsp3) is 0.667. The van der Waals surface area contributed by atoms with Gasteiger partial charge in [0, 0.05) is 18.7 Å². The Morgan fingerprint density at radius 2 is 2.62 bits per heavy atom. The third kappa shape index (κ3) is 1.94. The molecule has 72 valence electrons. The van der Waals surface area contributed by atoms with Gasteiger partial charge in [-0.1, -0.05) is 12.1 Å². The third-order valence-corrected chi connectivity index (χ3v) is 3.00. The van der Waals surface area contributed by atoms with Crippen molar-refractivity contribution in [2.75, 3.05) is 6.54 Å². The molecule has 4 heteroatoms. The normalized spacial score (nSPS) is 23.1. The molecule has 0 radical (unpaired) electrons. The summed E-state index contributed by atoms with van der Waals surface area (Å²) in [5.74, 6) is 0.949. The zero-order valence-corrected chi connectivity index (χ0v) is 9.25. The summed E-state index contributed by atoms with van der Waals surface area (Å²) in [6.07, 6.45) is 2.56. The Hall–Kier alpha value is -0.350. The predicted molar refractivity (Wildman–Crippen MR) is 53.3 cm³/mol. The highest BCUT2D eigenvalue weighted by Crippen LogP contribution is 2.23. The molecule has 0 spiro atoms. The SMILES string of the molecule is CCC1CCN1Cc1cc(Br)no1. The van der Waals surface area contributed by atoms with Crippen molar-refractivity contribution in [3.8, 4) is 0 Å². The number of hydrogen-bond donors (Lipinski definition) is 0. The summed E-state index contributed by atoms with van der Waals surface area (Å²) in [7, 11) is 0. The van der Waals surface area contributed by atoms with E-state index in [1.165, 1.54) is 19.4 Å². The van der Waals surface area contributed by atoms with Crippen LogP contribution >= 0.6 is 15.9 Å². The van der Waals surface area contributed by atoms with Crippen molar-refractivity contribution < 1.29 is 4.52 Å². The second-order valence-corrected chi connectivity index (χ2v) is 4.25. The van der Waals surface area contributed by atoms with Crippen LogP contribution in [0.5, 0.6) is 0 Å². The van der Waals surface area contributed by atoms with E-state index in [4.69, 9.17) is 4.52 Å². The maximum absolute atomic E-state index is 5.12. The number of nitrogens with zero attached hydrogens (tertiary/aromatic N) is 2. The average Bonchev–Trinajstić information content (AvgIpc) is 2.46. The van der Waals surface area contributed by atoms with Crippen molar-refractivity contribution in [2.24, 2.45) is 0 Å². The molecule has 1 aliphatic rings. The maximum atomic E-state index is 5.12. The molecule has 2 heterocycles. The van der Waals surface area contributed by atoms with Crippen LogP contribution < -0.4 is 0 Å². The van der Waals surface area contributed by atoms with Crippen LogP contribution in [0, 0.1) is 0 Å². The highest BCUT2D eigenvalue weighted by Gasteiger charge is 2.26. The first kappa shape index (κ1) is 9.21. The molecular weight excluding hydrogens is 232 g/mol. The first-order chi connectivity index (χ1) is 6.29. The van der Waals surface area contributed by atoms with Crippen molar-refractivity contribution in [2.45, 2.75) is 32.4 Å². The standard InChI is InChI=1S/C9H13BrN2O/c1-2-7-3-4-12(7)6-8-5-9(10)11-13-8/h5,7H,2-4,6H2,1H3. The lowest BCUT2D eigenvalue weighted by Gasteiger charge is -2.39. The van der Waals surface area contributed by atoms with Gasteiger partial charge < -0.3 is 4.52 Å². The molecule has 1 aromatic heterocycles. The van der Waals surface area contributed by atoms with E-state index in [2.05, 4.69) is 32.9 Å². The second kappa shape index (κ2) is 3.80. The molecule has 0 aliphatic carbocycles. The molecule has 1 atom stereocenters. The maximum Gasteiger partial charge on any atom is 0.151 e. The van der Waals surface area contributed by atoms with Gasteiger partial charge in [0.2, 0.25) is 0 Å². The van der Waals surface area contributed by atoms with Crippen LogP contribution in [-0.4, -0.2) is 22.6 Å². The first-order valence-corrected chi connectivity index (χ1v) is 5.44. The number of likely N-dealkylation sites (tertiary alicyclic amines) is 1. The molecule has 0 amide bonds. The Morgan fingerprint density at radius 3 is 3.08 bits per heavy atom. The van der Waals surface area contributed by atoms with E-state index >= 15 is 0 Å². The Labute approximate surface area is 86.2 Å². The molecule has 1 saturated heterocycles. The van der Waals surface area contributed by atoms with E-state index in [-0.39, 0.29) is 0 Å². The van der Waals surface area contributed by atoms with Crippen molar-refractivity contribution in [1.29, 1.82) is 0 Å². The van der Waals surface area contributed by atoms with Gasteiger partial charge in [0.15, 0.2) is 5.76 Å². The Kier molecular flexibility index (Phi) is 2.69. The summed E-state index contributed by atoms with van der Waals surface area (Å²) in [6, 6.07) is 2.69. The summed E-state index contributed by atoms with van der Waals surface area (Å²) in [5, 5.41) is 3.79. The smallest absolute Gasteiger partial charge is 0.151 e. The molecular formula is C9H13BrN2O. The Balaban J connectivity index is 1.91. The predicted octanol–water partition coefficient (Wildman–Crippen LogP) is 2.42. The monoisotopic (exact) mass is 244 g/mol. The van der Waals surface area contributed by atoms with Crippen molar-refractivity contribution in [1.82, 2.24) is 10.1 Å². The van der Waals surface area contributed by atoms with Gasteiger partial charge in [0.1, 0.15) is 4.60 Å². The van der Waals surface area contributed by atoms with E-state index in [1.54, 1.807) is 0 Å². The molecule has 0 aromatic carbocycles. The minimum Gasteiger partial charge on any atom is -0.359 e. The molecule has 13 heavy (non-hydrogen) atoms. The van der Waals surface area contributed by atoms with Crippen molar-refractivity contribution >= 4 is 15.9 Å². The highest BCUT2D eigenvalue weighted by atomic mass is 79.9. The molecule has 1 aliphatic heterocycles. The van der Waals surface area contributed by atoms with Crippen LogP contribution in [0.15, 0.2) is 15.2 Å². The minimum absolute atomic E-state index is 0.754. The molecule has 3 nitrogen and oxygen atoms in total. The minimum atomic E-state index is 0.754. The molecule has 0 bridgehead atoms. The van der Waals surface area contributed by atoms with Crippen LogP contribution in [0.25, 0.3) is 0 Å². The van der Waals surface area contributed by atoms with Gasteiger partial charge in [-0.15, -0.1) is 0 Å². The van der Waals surface area contributed by atoms with E-state index in [9.17, 15) is 0 Å². The fourth-order valence-electron chi connectivity index (χ4n) is 1.73. The number of halogens is 1. The number of hydrogen-bond acceptors (Lipinski definition) is 3. The topological polar surface area (TPSA) is 29.3 Å². The van der Waals surface area contributed by atoms with E-state index < -0.39 is 0 Å². The quantitative estimate of drug-likeness (QED) is 0.818. The van der Waals surface area contributed by atoms with Crippen LogP contribution in [0.4, 0.5) is 0 Å². The summed E-state index contributed by atoms with van der Waals surface area (Å²) >= 11 is 3.27. The van der Waals surface area contributed by atoms with Gasteiger partial charge in [0.25, 0.3) is 0 Å². The zero-order valence-electron chi connectivity index (χ0n) is 7.66. The Bertz CT molecular complexity index is 285. The van der Waals surface area contributed by atoms with Gasteiger partial charge in [-0.2, -0.15) is 0 Å². The van der Waals surface area contributed by atoms with Gasteiger partial charge in [-0.25, -0.2) is 0 Å². The fourth-order valence-corrected chi connectivity index (χ4v) is 2.05. The molecule has 1 aromatic rings. The Morgan fingerprint density at radius 1 is 1.77 bits per heavy atom. The summed E-state index contributed by atoms with van der Waals surface area (Å²) < 4.78 is 5.91. The lowest BCUT2D eigenvalue weighted by molar-refractivity contribution is 0.0688. The van der Waals surface area contributed by atoms with Crippen LogP contribution in [0.3, 0.4) is 0 Å². The van der Waals surface area contributed by atoms with Gasteiger partial charge in [0.05, 0.1) is 6.54 Å². The molecule has 2 rings (SSSR count). The van der Waals surface area contributed by atoms with Gasteiger partial charge >= 0.3 is 0 Å². The number of rotatable bonds is 3. The van der Waals surface area contributed by atoms with Crippen LogP contribution in [-0.2, 0) is 6.54 Å². The van der Waals surface area contributed by atoms with Crippen LogP contribution in [0.2, 0.25) is 0 Å². The lowest BCUT2D eigenvalue weighted by atomic mass is 10.0. The summed E-state index contributed by atoms with van der Waals surface area (Å²) in [5.41, 5.74) is 0. The third-order valence-electron chi connectivity index (χ3n) is 2.63. The number of aromatic nitrogens is 1. The second-order valence-electron chi connectivity index (χ2n) is 3.44. The molecule has 1 fully saturated rings. The van der Waals surface area contributed by atoms with Gasteiger partial charge in [-0.05, 0) is 28.8 Å².